The van der Waals surface area contributed by atoms with Crippen LogP contribution in [-0.4, -0.2) is 142 Å². The zero-order valence-corrected chi connectivity index (χ0v) is 62.9. The molecule has 578 valence electrons. The van der Waals surface area contributed by atoms with Crippen LogP contribution in [0.4, 0.5) is 0 Å². The summed E-state index contributed by atoms with van der Waals surface area (Å²) in [6, 6.07) is 36.7. The van der Waals surface area contributed by atoms with E-state index >= 15 is 0 Å². The molecule has 1 saturated carbocycles. The first-order valence-electron chi connectivity index (χ1n) is 33.6. The molecule has 107 heavy (non-hydrogen) atoms. The molecule has 31 heteroatoms. The molecule has 1 aliphatic carbocycles. The molecule has 28 nitrogen and oxygen atoms in total. The second kappa shape index (κ2) is 47.6. The number of sulfone groups is 1. The summed E-state index contributed by atoms with van der Waals surface area (Å²) < 4.78 is 35.2. The lowest BCUT2D eigenvalue weighted by molar-refractivity contribution is -0.437. The molecular formula is C76H94N6O22S3. The van der Waals surface area contributed by atoms with Crippen LogP contribution >= 0.6 is 11.8 Å². The number of carbonyl (C=O) groups excluding carboxylic acids is 13. The van der Waals surface area contributed by atoms with Gasteiger partial charge in [0.15, 0.2) is 15.6 Å². The fraction of sp³-hybridized carbons (Fsp3) is 0.355. The highest BCUT2D eigenvalue weighted by atomic mass is 32.2. The number of ketones is 7. The number of rotatable bonds is 34. The van der Waals surface area contributed by atoms with E-state index in [4.69, 9.17) is 0 Å². The van der Waals surface area contributed by atoms with Gasteiger partial charge in [0, 0.05) is 73.1 Å². The average molecular weight is 1540 g/mol. The van der Waals surface area contributed by atoms with E-state index in [1.807, 2.05) is 72.8 Å². The number of aryl methyl sites for hydroxylation is 1. The lowest BCUT2D eigenvalue weighted by atomic mass is 9.94. The zero-order chi connectivity index (χ0) is 80.8. The van der Waals surface area contributed by atoms with Crippen LogP contribution in [0.5, 0.6) is 0 Å². The summed E-state index contributed by atoms with van der Waals surface area (Å²) in [5.41, 5.74) is 28.3. The second-order valence-corrected chi connectivity index (χ2v) is 30.1. The number of carboxylic acids is 6. The summed E-state index contributed by atoms with van der Waals surface area (Å²) in [7, 11) is -4.95. The number of carboxylic acid groups (broad SMARTS) is 6. The Labute approximate surface area is 626 Å². The average Bonchev–Trinajstić information content (AvgIpc) is 1.82. The highest BCUT2D eigenvalue weighted by Crippen LogP contribution is 2.26. The molecule has 0 radical (unpaired) electrons. The first-order valence-corrected chi connectivity index (χ1v) is 37.6. The largest absolute Gasteiger partial charge is 0.544 e. The van der Waals surface area contributed by atoms with Crippen molar-refractivity contribution in [1.29, 1.82) is 0 Å². The summed E-state index contributed by atoms with van der Waals surface area (Å²) in [6.07, 6.45) is 5.35. The van der Waals surface area contributed by atoms with Crippen LogP contribution in [0.1, 0.15) is 115 Å². The maximum atomic E-state index is 12.2. The Morgan fingerprint density at radius 2 is 0.757 bits per heavy atom. The van der Waals surface area contributed by atoms with E-state index in [1.165, 1.54) is 56.8 Å². The SMILES string of the molecule is CC(=O)CCc1ccc(C[C@H]([NH3+])C(=O)[O-])cc1.CC(=O)CS(=O)(=O)c1ccc(C[C@H]([NH3+])C(=O)[O-])cc1.CC(=O)CS(=O)c1ccc(C[C@H]([NH3+])C(=O)[O-])cc1.CC(=O)CSc1ccc(C[C@H]([NH3+])C(=O)[O-])cc1.CC(=O)Cc1ccc(C[C@H]([NH3+])C(=O)[O-])cc1.[NH3+][C@@H](Cc1ccc(C(=O)C2CCCC2=O)cc1)C(=O)[O-]. The molecule has 2 unspecified atom stereocenters. The Balaban J connectivity index is 0.000000437. The maximum absolute atomic E-state index is 12.2. The fourth-order valence-electron chi connectivity index (χ4n) is 9.69. The van der Waals surface area contributed by atoms with Crippen molar-refractivity contribution in [3.05, 3.63) is 196 Å². The van der Waals surface area contributed by atoms with Crippen molar-refractivity contribution < 1.29 is 140 Å². The topological polar surface area (TPSA) is 577 Å². The minimum absolute atomic E-state index is 0.00362. The van der Waals surface area contributed by atoms with Crippen LogP contribution in [0.15, 0.2) is 160 Å². The molecule has 1 fully saturated rings. The van der Waals surface area contributed by atoms with E-state index in [0.717, 1.165) is 56.7 Å². The number of thioether (sulfide) groups is 1. The lowest BCUT2D eigenvalue weighted by Crippen LogP contribution is -2.69. The van der Waals surface area contributed by atoms with Gasteiger partial charge in [-0.25, -0.2) is 8.42 Å². The molecule has 7 rings (SSSR count). The van der Waals surface area contributed by atoms with Crippen LogP contribution in [0.25, 0.3) is 0 Å². The van der Waals surface area contributed by atoms with Crippen LogP contribution in [0.3, 0.4) is 0 Å². The van der Waals surface area contributed by atoms with Gasteiger partial charge < -0.3 is 98.6 Å². The second-order valence-electron chi connectivity index (χ2n) is 25.6. The van der Waals surface area contributed by atoms with Gasteiger partial charge in [-0.05, 0) is 135 Å². The number of hydrogen-bond acceptors (Lipinski definition) is 23. The Hall–Kier alpha value is -9.96. The van der Waals surface area contributed by atoms with Gasteiger partial charge in [0.05, 0.1) is 68.9 Å². The number of carbonyl (C=O) groups is 13. The smallest absolute Gasteiger partial charge is 0.185 e. The number of aliphatic carboxylic acids is 6. The molecule has 0 saturated heterocycles. The summed E-state index contributed by atoms with van der Waals surface area (Å²) in [4.78, 5) is 143. The highest BCUT2D eigenvalue weighted by molar-refractivity contribution is 8.00. The molecule has 0 bridgehead atoms. The number of benzene rings is 6. The molecule has 8 atom stereocenters. The summed E-state index contributed by atoms with van der Waals surface area (Å²) in [6.45, 7) is 7.25. The Morgan fingerprint density at radius 1 is 0.430 bits per heavy atom. The van der Waals surface area contributed by atoms with E-state index in [-0.39, 0.29) is 64.6 Å². The molecule has 0 amide bonds. The van der Waals surface area contributed by atoms with Gasteiger partial charge in [0.2, 0.25) is 0 Å². The van der Waals surface area contributed by atoms with Gasteiger partial charge in [-0.2, -0.15) is 0 Å². The van der Waals surface area contributed by atoms with Gasteiger partial charge in [-0.15, -0.1) is 11.8 Å². The quantitative estimate of drug-likeness (QED) is 0.0124. The minimum Gasteiger partial charge on any atom is -0.544 e. The third-order valence-electron chi connectivity index (χ3n) is 15.6. The molecule has 1 aliphatic rings. The van der Waals surface area contributed by atoms with Crippen LogP contribution in [0, 0.1) is 5.92 Å². The first-order chi connectivity index (χ1) is 50.1. The van der Waals surface area contributed by atoms with Gasteiger partial charge in [0.25, 0.3) is 0 Å². The van der Waals surface area contributed by atoms with Gasteiger partial charge in [0.1, 0.15) is 76.7 Å². The van der Waals surface area contributed by atoms with Crippen molar-refractivity contribution >= 4 is 109 Å². The predicted octanol–water partition coefficient (Wildman–Crippen LogP) is -7.52. The third-order valence-corrected chi connectivity index (χ3v) is 20.0. The highest BCUT2D eigenvalue weighted by Gasteiger charge is 2.31. The van der Waals surface area contributed by atoms with Crippen molar-refractivity contribution in [2.24, 2.45) is 5.92 Å². The van der Waals surface area contributed by atoms with E-state index in [9.17, 15) is 106 Å². The van der Waals surface area contributed by atoms with E-state index < -0.39 is 110 Å². The first kappa shape index (κ1) is 93.1. The molecule has 6 aromatic carbocycles. The molecular weight excluding hydrogens is 1450 g/mol. The maximum Gasteiger partial charge on any atom is 0.185 e. The standard InChI is InChI=1S/C15H17NO4.C13H17NO3.C12H15NO5S.C12H15NO4S.C12H15NO3S.C12H15NO3/c16-12(15(19)20)8-9-4-6-10(7-5-9)14(18)11-2-1-3-13(11)17;1-9(15)2-3-10-4-6-11(7-5-10)8-12(14)13(16)17;1-8(14)7-19(17,18)10-4-2-9(3-5-10)6-11(13)12(15)16;1-8(14)7-18(17)10-4-2-9(3-5-10)6-11(13)12(15)16;1-8(14)7-17-10-4-2-9(3-5-10)6-11(13)12(15)16;1-8(14)6-9-2-4-10(5-3-9)7-11(13)12(15)16/h4-7,11-12H,1-3,8,16H2,(H,19,20);4-7,12H,2-3,8,14H2,1H3,(H,16,17);2-5,11H,6-7,13H2,1H3,(H,15,16);2-5,11H,6-7,13H2,1H3,(H,15,16);2-5,11H,6-7,13H2,1H3,(H,15,16);2-5,11H,6-7,13H2,1H3,(H,15,16)/t11?,12-;12-;11-;11-,18?;2*11-/m000000/s1. The predicted molar refractivity (Wildman–Crippen MR) is 377 cm³/mol. The van der Waals surface area contributed by atoms with Gasteiger partial charge in [-0.1, -0.05) is 109 Å². The Kier molecular flexibility index (Phi) is 41.4. The lowest BCUT2D eigenvalue weighted by Gasteiger charge is -2.10. The third kappa shape index (κ3) is 38.2. The Morgan fingerprint density at radius 3 is 1.07 bits per heavy atom. The van der Waals surface area contributed by atoms with Gasteiger partial charge in [-0.3, -0.25) is 33.0 Å². The molecule has 18 N–H and O–H groups in total. The summed E-state index contributed by atoms with van der Waals surface area (Å²) in [5.74, 6) is -7.91. The van der Waals surface area contributed by atoms with Crippen molar-refractivity contribution in [3.8, 4) is 0 Å². The van der Waals surface area contributed by atoms with Crippen molar-refractivity contribution in [2.75, 3.05) is 17.3 Å². The molecule has 0 aliphatic heterocycles. The monoisotopic (exact) mass is 1540 g/mol. The minimum atomic E-state index is -3.61. The van der Waals surface area contributed by atoms with Crippen LogP contribution < -0.4 is 65.0 Å². The van der Waals surface area contributed by atoms with E-state index in [2.05, 4.69) is 34.4 Å². The molecule has 0 spiro atoms. The summed E-state index contributed by atoms with van der Waals surface area (Å²) >= 11 is 1.47. The van der Waals surface area contributed by atoms with E-state index in [1.54, 1.807) is 62.4 Å². The summed E-state index contributed by atoms with van der Waals surface area (Å²) in [5, 5.41) is 63.3. The Bertz CT molecular complexity index is 4060. The molecule has 6 aromatic rings. The van der Waals surface area contributed by atoms with Crippen molar-refractivity contribution in [2.45, 2.75) is 163 Å². The molecule has 0 heterocycles. The number of hydrogen-bond donors (Lipinski definition) is 6. The van der Waals surface area contributed by atoms with Gasteiger partial charge >= 0.3 is 0 Å². The van der Waals surface area contributed by atoms with Crippen molar-refractivity contribution in [1.82, 2.24) is 0 Å². The van der Waals surface area contributed by atoms with Crippen LogP contribution in [-0.2, 0) is 130 Å². The van der Waals surface area contributed by atoms with E-state index in [0.29, 0.717) is 66.7 Å². The zero-order valence-electron chi connectivity index (χ0n) is 60.5. The van der Waals surface area contributed by atoms with Crippen molar-refractivity contribution in [3.63, 3.8) is 0 Å². The molecule has 0 aromatic heterocycles. The van der Waals surface area contributed by atoms with Crippen LogP contribution in [0.2, 0.25) is 0 Å². The normalized spacial score (nSPS) is 14.0. The fourth-order valence-corrected chi connectivity index (χ4v) is 12.6. The number of Topliss-reactive ketones (excluding diaryl/α,β-unsaturated/α-hetero) is 7. The number of quaternary nitrogens is 6.